The first-order valence-electron chi connectivity index (χ1n) is 13.7. The van der Waals surface area contributed by atoms with Gasteiger partial charge in [0.2, 0.25) is 0 Å². The van der Waals surface area contributed by atoms with Crippen LogP contribution in [0.3, 0.4) is 0 Å². The highest BCUT2D eigenvalue weighted by atomic mass is 19.4. The zero-order valence-electron chi connectivity index (χ0n) is 22.5. The largest absolute Gasteiger partial charge is 0.456 e. The maximum Gasteiger partial charge on any atom is 0.456 e. The Morgan fingerprint density at radius 3 is 2.52 bits per heavy atom. The number of allylic oxidation sites excluding steroid dienone is 4. The van der Waals surface area contributed by atoms with Gasteiger partial charge < -0.3 is 9.94 Å². The number of oxime groups is 1. The number of ketones is 1. The van der Waals surface area contributed by atoms with Crippen LogP contribution in [0.2, 0.25) is 0 Å². The molecule has 214 valence electrons. The van der Waals surface area contributed by atoms with Crippen molar-refractivity contribution in [2.45, 2.75) is 82.4 Å². The Morgan fingerprint density at radius 2 is 1.85 bits per heavy atom. The van der Waals surface area contributed by atoms with Gasteiger partial charge in [0.1, 0.15) is 18.4 Å². The predicted molar refractivity (Wildman–Crippen MR) is 140 cm³/mol. The van der Waals surface area contributed by atoms with Crippen LogP contribution in [0, 0.1) is 29.1 Å². The van der Waals surface area contributed by atoms with Crippen molar-refractivity contribution < 1.29 is 36.7 Å². The molecule has 40 heavy (non-hydrogen) atoms. The smallest absolute Gasteiger partial charge is 0.396 e. The van der Waals surface area contributed by atoms with E-state index in [9.17, 15) is 23.1 Å². The maximum absolute atomic E-state index is 15.1. The first-order valence-corrected chi connectivity index (χ1v) is 13.7. The van der Waals surface area contributed by atoms with Crippen LogP contribution in [0.5, 0.6) is 0 Å². The van der Waals surface area contributed by atoms with E-state index in [1.54, 1.807) is 25.1 Å². The summed E-state index contributed by atoms with van der Waals surface area (Å²) in [6.45, 7) is 3.64. The van der Waals surface area contributed by atoms with Crippen LogP contribution in [0.15, 0.2) is 52.2 Å². The molecule has 5 rings (SSSR count). The van der Waals surface area contributed by atoms with Crippen LogP contribution < -0.4 is 0 Å². The second-order valence-corrected chi connectivity index (χ2v) is 11.5. The minimum absolute atomic E-state index is 0.0471. The number of carbonyl (C=O) groups is 1. The summed E-state index contributed by atoms with van der Waals surface area (Å²) in [7, 11) is 0. The van der Waals surface area contributed by atoms with Crippen molar-refractivity contribution in [3.8, 4) is 11.8 Å². The third-order valence-electron chi connectivity index (χ3n) is 9.61. The molecule has 0 saturated heterocycles. The fraction of sp³-hybridized carbons (Fsp3) is 0.548. The molecular weight excluding hydrogens is 529 g/mol. The van der Waals surface area contributed by atoms with Gasteiger partial charge in [-0.25, -0.2) is 0 Å². The summed E-state index contributed by atoms with van der Waals surface area (Å²) in [6, 6.07) is 7.20. The summed E-state index contributed by atoms with van der Waals surface area (Å²) >= 11 is 0. The standard InChI is InChI=1S/C31H32F5NO3/c1-3-40-37-16-4-5-19-6-8-20(9-7-19)25-18-28(2)26(14-15-29(28,39)30(32,33)31(34,35)36)24-12-10-21-17-22(38)11-13-23(21)27(24)25/h6-9,16-17,24-26,39H,3,10-15,18H2,1-2H3/t24-,25+,26-,28-,29-/m0/s1. The summed E-state index contributed by atoms with van der Waals surface area (Å²) in [4.78, 5) is 17.1. The fourth-order valence-electron chi connectivity index (χ4n) is 7.77. The van der Waals surface area contributed by atoms with E-state index in [-0.39, 0.29) is 24.5 Å². The summed E-state index contributed by atoms with van der Waals surface area (Å²) in [5.74, 6) is -0.772. The highest BCUT2D eigenvalue weighted by Gasteiger charge is 2.79. The van der Waals surface area contributed by atoms with Crippen LogP contribution in [-0.2, 0) is 9.63 Å². The molecular formula is C31H32F5NO3. The predicted octanol–water partition coefficient (Wildman–Crippen LogP) is 6.89. The normalized spacial score (nSPS) is 32.1. The van der Waals surface area contributed by atoms with Gasteiger partial charge in [0, 0.05) is 23.3 Å². The lowest BCUT2D eigenvalue weighted by Gasteiger charge is -2.56. The van der Waals surface area contributed by atoms with Gasteiger partial charge in [-0.3, -0.25) is 4.79 Å². The van der Waals surface area contributed by atoms with Crippen molar-refractivity contribution in [2.75, 3.05) is 6.61 Å². The summed E-state index contributed by atoms with van der Waals surface area (Å²) in [5.41, 5.74) is -0.433. The van der Waals surface area contributed by atoms with Crippen LogP contribution in [-0.4, -0.2) is 41.4 Å². The SMILES string of the molecule is CCON=CC#Cc1ccc([C@H]2C[C@@]3(C)[C@@H](CC[C@@]3(O)C(F)(F)C(F)(F)F)[C@@H]3CCC4=CC(=O)CCC4=C32)cc1. The number of hydrogen-bond acceptors (Lipinski definition) is 4. The molecule has 0 spiro atoms. The van der Waals surface area contributed by atoms with Gasteiger partial charge in [0.25, 0.3) is 0 Å². The highest BCUT2D eigenvalue weighted by molar-refractivity contribution is 5.93. The minimum atomic E-state index is -5.87. The molecule has 9 heteroatoms. The first-order chi connectivity index (χ1) is 18.8. The maximum atomic E-state index is 15.1. The molecule has 2 fully saturated rings. The van der Waals surface area contributed by atoms with Crippen molar-refractivity contribution in [1.29, 1.82) is 0 Å². The molecule has 1 aromatic rings. The number of aliphatic hydroxyl groups is 1. The molecule has 0 bridgehead atoms. The van der Waals surface area contributed by atoms with Crippen LogP contribution >= 0.6 is 0 Å². The molecule has 2 saturated carbocycles. The average Bonchev–Trinajstić information content (AvgIpc) is 3.19. The van der Waals surface area contributed by atoms with Gasteiger partial charge >= 0.3 is 12.1 Å². The molecule has 0 radical (unpaired) electrons. The topological polar surface area (TPSA) is 58.9 Å². The molecule has 1 aromatic carbocycles. The lowest BCUT2D eigenvalue weighted by molar-refractivity contribution is -0.362. The highest BCUT2D eigenvalue weighted by Crippen LogP contribution is 2.70. The monoisotopic (exact) mass is 561 g/mol. The van der Waals surface area contributed by atoms with E-state index in [0.717, 1.165) is 22.3 Å². The number of carbonyl (C=O) groups excluding carboxylic acids is 1. The van der Waals surface area contributed by atoms with Crippen molar-refractivity contribution >= 4 is 12.0 Å². The summed E-state index contributed by atoms with van der Waals surface area (Å²) < 4.78 is 71.3. The molecule has 5 atom stereocenters. The zero-order chi connectivity index (χ0) is 28.9. The molecule has 0 aliphatic heterocycles. The lowest BCUT2D eigenvalue weighted by Crippen LogP contribution is -2.65. The van der Waals surface area contributed by atoms with E-state index in [1.807, 2.05) is 12.1 Å². The number of alkyl halides is 5. The molecule has 4 nitrogen and oxygen atoms in total. The van der Waals surface area contributed by atoms with Gasteiger partial charge in [-0.15, -0.1) is 0 Å². The van der Waals surface area contributed by atoms with E-state index in [0.29, 0.717) is 37.9 Å². The molecule has 0 unspecified atom stereocenters. The number of nitrogens with zero attached hydrogens (tertiary/aromatic N) is 1. The molecule has 1 N–H and O–H groups in total. The quantitative estimate of drug-likeness (QED) is 0.189. The van der Waals surface area contributed by atoms with Crippen molar-refractivity contribution in [3.63, 3.8) is 0 Å². The Morgan fingerprint density at radius 1 is 1.12 bits per heavy atom. The van der Waals surface area contributed by atoms with Gasteiger partial charge in [-0.1, -0.05) is 35.7 Å². The lowest BCUT2D eigenvalue weighted by atomic mass is 9.50. The van der Waals surface area contributed by atoms with Crippen LogP contribution in [0.4, 0.5) is 22.0 Å². The minimum Gasteiger partial charge on any atom is -0.396 e. The Hall–Kier alpha value is -2.99. The Bertz CT molecular complexity index is 1330. The molecule has 0 heterocycles. The van der Waals surface area contributed by atoms with E-state index in [2.05, 4.69) is 17.0 Å². The second kappa shape index (κ2) is 10.1. The first kappa shape index (κ1) is 28.5. The van der Waals surface area contributed by atoms with Crippen molar-refractivity contribution in [2.24, 2.45) is 22.4 Å². The summed E-state index contributed by atoms with van der Waals surface area (Å²) in [5, 5.41) is 15.0. The number of rotatable bonds is 4. The van der Waals surface area contributed by atoms with E-state index in [4.69, 9.17) is 4.84 Å². The van der Waals surface area contributed by atoms with Crippen LogP contribution in [0.25, 0.3) is 0 Å². The average molecular weight is 562 g/mol. The molecule has 0 amide bonds. The van der Waals surface area contributed by atoms with E-state index in [1.165, 1.54) is 13.1 Å². The van der Waals surface area contributed by atoms with Gasteiger partial charge in [0.05, 0.1) is 0 Å². The number of benzene rings is 1. The Balaban J connectivity index is 1.60. The number of halogens is 5. The van der Waals surface area contributed by atoms with E-state index >= 15 is 8.78 Å². The third kappa shape index (κ3) is 4.39. The fourth-order valence-corrected chi connectivity index (χ4v) is 7.77. The second-order valence-electron chi connectivity index (χ2n) is 11.5. The van der Waals surface area contributed by atoms with Crippen molar-refractivity contribution in [1.82, 2.24) is 0 Å². The molecule has 0 aromatic heterocycles. The third-order valence-corrected chi connectivity index (χ3v) is 9.61. The Labute approximate surface area is 230 Å². The number of hydrogen-bond donors (Lipinski definition) is 1. The van der Waals surface area contributed by atoms with E-state index < -0.39 is 41.4 Å². The van der Waals surface area contributed by atoms with Gasteiger partial charge in [-0.05, 0) is 98.1 Å². The summed E-state index contributed by atoms with van der Waals surface area (Å²) in [6.07, 6.45) is -1.47. The van der Waals surface area contributed by atoms with Gasteiger partial charge in [-0.2, -0.15) is 22.0 Å². The zero-order valence-corrected chi connectivity index (χ0v) is 22.5. The molecule has 4 aliphatic carbocycles. The van der Waals surface area contributed by atoms with Crippen LogP contribution in [0.1, 0.15) is 75.8 Å². The Kier molecular flexibility index (Phi) is 7.23. The number of fused-ring (bicyclic) bond motifs is 4. The van der Waals surface area contributed by atoms with Gasteiger partial charge in [0.15, 0.2) is 5.78 Å². The molecule has 4 aliphatic rings. The van der Waals surface area contributed by atoms with Crippen molar-refractivity contribution in [3.05, 3.63) is 58.2 Å².